The first-order chi connectivity index (χ1) is 33.4. The van der Waals surface area contributed by atoms with Crippen LogP contribution in [-0.4, -0.2) is 18.8 Å². The van der Waals surface area contributed by atoms with Crippen molar-refractivity contribution >= 4 is 76.2 Å². The SMILES string of the molecule is CC1c2ccccc2C(c2ccccc2)c2c1ncc1c2c2cc(C(C)(C)C)cc3c4cc5c(cc4n1c32)c1cc(C(C)(C)C)cc2c3c4c(ncc3n5c12)C1(CCCCC1)CCC41CCCCC1. The minimum atomic E-state index is -0.0532. The largest absolute Gasteiger partial charge is 0.306 e. The maximum atomic E-state index is 5.80. The first-order valence-electron chi connectivity index (χ1n) is 26.7. The number of pyridine rings is 2. The van der Waals surface area contributed by atoms with E-state index in [0.29, 0.717) is 0 Å². The summed E-state index contributed by atoms with van der Waals surface area (Å²) in [6, 6.07) is 35.8. The van der Waals surface area contributed by atoms with E-state index < -0.39 is 0 Å². The molecule has 0 saturated heterocycles. The number of hydrogen-bond donors (Lipinski definition) is 0. The number of fused-ring (bicyclic) bond motifs is 19. The molecule has 69 heavy (non-hydrogen) atoms. The highest BCUT2D eigenvalue weighted by molar-refractivity contribution is 6.30. The molecule has 6 aromatic heterocycles. The molecule has 0 aliphatic heterocycles. The molecule has 4 nitrogen and oxygen atoms in total. The second-order valence-corrected chi connectivity index (χ2v) is 24.8. The lowest BCUT2D eigenvalue weighted by Gasteiger charge is -2.50. The number of hydrogen-bond acceptors (Lipinski definition) is 2. The first-order valence-corrected chi connectivity index (χ1v) is 26.7. The summed E-state index contributed by atoms with van der Waals surface area (Å²) >= 11 is 0. The average molecular weight is 901 g/mol. The Morgan fingerprint density at radius 1 is 0.493 bits per heavy atom. The van der Waals surface area contributed by atoms with E-state index in [1.165, 1.54) is 198 Å². The molecule has 6 heterocycles. The third kappa shape index (κ3) is 5.26. The molecule has 4 aliphatic rings. The smallest absolute Gasteiger partial charge is 0.0728 e. The van der Waals surface area contributed by atoms with E-state index in [2.05, 4.69) is 161 Å². The van der Waals surface area contributed by atoms with E-state index in [0.717, 1.165) is 0 Å². The van der Waals surface area contributed by atoms with E-state index in [9.17, 15) is 0 Å². The topological polar surface area (TPSA) is 34.6 Å². The van der Waals surface area contributed by atoms with E-state index in [1.807, 2.05) is 0 Å². The predicted molar refractivity (Wildman–Crippen MR) is 289 cm³/mol. The van der Waals surface area contributed by atoms with Crippen molar-refractivity contribution in [1.82, 2.24) is 18.8 Å². The summed E-state index contributed by atoms with van der Waals surface area (Å²) in [4.78, 5) is 11.3. The molecule has 344 valence electrons. The van der Waals surface area contributed by atoms with E-state index in [1.54, 1.807) is 5.56 Å². The summed E-state index contributed by atoms with van der Waals surface area (Å²) in [7, 11) is 0. The van der Waals surface area contributed by atoms with Crippen molar-refractivity contribution in [3.63, 3.8) is 0 Å². The predicted octanol–water partition coefficient (Wildman–Crippen LogP) is 17.2. The van der Waals surface area contributed by atoms with Crippen molar-refractivity contribution in [2.45, 2.75) is 159 Å². The molecule has 4 heteroatoms. The molecule has 2 atom stereocenters. The van der Waals surface area contributed by atoms with Crippen LogP contribution in [0.25, 0.3) is 76.2 Å². The third-order valence-corrected chi connectivity index (χ3v) is 19.1. The lowest BCUT2D eigenvalue weighted by molar-refractivity contribution is 0.172. The molecule has 5 aromatic carbocycles. The molecule has 2 fully saturated rings. The van der Waals surface area contributed by atoms with Gasteiger partial charge in [0.15, 0.2) is 0 Å². The number of benzene rings is 5. The van der Waals surface area contributed by atoms with Gasteiger partial charge in [0.05, 0.1) is 56.9 Å². The Kier molecular flexibility index (Phi) is 8.08. The molecule has 2 spiro atoms. The van der Waals surface area contributed by atoms with Gasteiger partial charge < -0.3 is 8.80 Å². The highest BCUT2D eigenvalue weighted by Crippen LogP contribution is 2.60. The van der Waals surface area contributed by atoms with Crippen molar-refractivity contribution in [2.24, 2.45) is 0 Å². The Labute approximate surface area is 405 Å². The Balaban J connectivity index is 1.09. The van der Waals surface area contributed by atoms with Gasteiger partial charge in [0.2, 0.25) is 0 Å². The van der Waals surface area contributed by atoms with Crippen LogP contribution in [0.3, 0.4) is 0 Å². The van der Waals surface area contributed by atoms with Gasteiger partial charge in [-0.1, -0.05) is 142 Å². The third-order valence-electron chi connectivity index (χ3n) is 19.1. The Morgan fingerprint density at radius 2 is 1.00 bits per heavy atom. The van der Waals surface area contributed by atoms with Gasteiger partial charge in [-0.05, 0) is 130 Å². The van der Waals surface area contributed by atoms with Crippen molar-refractivity contribution in [3.8, 4) is 0 Å². The fraction of sp³-hybridized carbons (Fsp3) is 0.385. The van der Waals surface area contributed by atoms with Crippen LogP contribution in [0.5, 0.6) is 0 Å². The van der Waals surface area contributed by atoms with Crippen molar-refractivity contribution in [1.29, 1.82) is 0 Å². The van der Waals surface area contributed by atoms with Gasteiger partial charge in [-0.3, -0.25) is 9.97 Å². The minimum Gasteiger partial charge on any atom is -0.306 e. The van der Waals surface area contributed by atoms with Crippen molar-refractivity contribution < 1.29 is 0 Å². The quantitative estimate of drug-likeness (QED) is 0.164. The number of rotatable bonds is 1. The summed E-state index contributed by atoms with van der Waals surface area (Å²) in [5.74, 6) is 0.267. The Morgan fingerprint density at radius 3 is 1.61 bits per heavy atom. The lowest BCUT2D eigenvalue weighted by atomic mass is 9.54. The maximum absolute atomic E-state index is 5.80. The lowest BCUT2D eigenvalue weighted by Crippen LogP contribution is -2.43. The van der Waals surface area contributed by atoms with Gasteiger partial charge in [-0.2, -0.15) is 0 Å². The molecular formula is C65H64N4. The molecule has 0 bridgehead atoms. The fourth-order valence-corrected chi connectivity index (χ4v) is 15.6. The molecule has 2 saturated carbocycles. The summed E-state index contributed by atoms with van der Waals surface area (Å²) in [6.45, 7) is 16.8. The molecule has 0 amide bonds. The number of aromatic nitrogens is 4. The summed E-state index contributed by atoms with van der Waals surface area (Å²) in [6.07, 6.45) is 20.5. The zero-order valence-corrected chi connectivity index (χ0v) is 41.7. The Bertz CT molecular complexity index is 3950. The normalized spacial score (nSPS) is 20.5. The fourth-order valence-electron chi connectivity index (χ4n) is 15.6. The molecule has 15 rings (SSSR count). The molecule has 2 unspecified atom stereocenters. The van der Waals surface area contributed by atoms with Gasteiger partial charge in [0, 0.05) is 60.3 Å². The highest BCUT2D eigenvalue weighted by Gasteiger charge is 2.50. The van der Waals surface area contributed by atoms with Crippen LogP contribution in [0, 0.1) is 0 Å². The van der Waals surface area contributed by atoms with Crippen LogP contribution in [0.2, 0.25) is 0 Å². The zero-order valence-electron chi connectivity index (χ0n) is 41.7. The molecule has 0 N–H and O–H groups in total. The van der Waals surface area contributed by atoms with Crippen LogP contribution in [0.15, 0.2) is 103 Å². The monoisotopic (exact) mass is 901 g/mol. The van der Waals surface area contributed by atoms with Gasteiger partial charge in [0.25, 0.3) is 0 Å². The highest BCUT2D eigenvalue weighted by atomic mass is 15.0. The number of nitrogens with zero attached hydrogens (tertiary/aromatic N) is 4. The summed E-state index contributed by atoms with van der Waals surface area (Å²) in [5, 5.41) is 11.1. The zero-order chi connectivity index (χ0) is 46.5. The van der Waals surface area contributed by atoms with Crippen LogP contribution < -0.4 is 0 Å². The molecule has 4 aliphatic carbocycles. The minimum absolute atomic E-state index is 0.0169. The van der Waals surface area contributed by atoms with Crippen molar-refractivity contribution in [2.75, 3.05) is 0 Å². The van der Waals surface area contributed by atoms with Crippen LogP contribution in [0.1, 0.15) is 188 Å². The van der Waals surface area contributed by atoms with E-state index in [-0.39, 0.29) is 33.5 Å². The molecule has 0 radical (unpaired) electrons. The Hall–Kier alpha value is -6.00. The van der Waals surface area contributed by atoms with Gasteiger partial charge in [-0.25, -0.2) is 0 Å². The molecule has 11 aromatic rings. The second kappa shape index (κ2) is 13.7. The first kappa shape index (κ1) is 40.8. The van der Waals surface area contributed by atoms with Gasteiger partial charge >= 0.3 is 0 Å². The van der Waals surface area contributed by atoms with Gasteiger partial charge in [-0.15, -0.1) is 0 Å². The van der Waals surface area contributed by atoms with Gasteiger partial charge in [0.1, 0.15) is 0 Å². The van der Waals surface area contributed by atoms with E-state index in [4.69, 9.17) is 9.97 Å². The van der Waals surface area contributed by atoms with Crippen LogP contribution in [0.4, 0.5) is 0 Å². The summed E-state index contributed by atoms with van der Waals surface area (Å²) in [5.41, 5.74) is 20.9. The maximum Gasteiger partial charge on any atom is 0.0728 e. The van der Waals surface area contributed by atoms with Crippen molar-refractivity contribution in [3.05, 3.63) is 154 Å². The summed E-state index contributed by atoms with van der Waals surface area (Å²) < 4.78 is 5.30. The standard InChI is InChI=1S/C65H64N4/c1-37-41-21-13-14-22-42(41)53(38-19-11-8-12-20-38)56-54-47-31-39(62(2,3)4)29-45-43-34-50-44(33-49(43)68(59(45)47)51(54)35-66-58(37)56)46-30-40(63(5,6)7)32-48-55-52(69(50)60(46)48)36-67-61-57(55)64(23-15-9-16-24-64)27-28-65(61)25-17-10-18-26-65/h8,11-14,19-22,29-37,53H,9-10,15-18,23-28H2,1-7H3. The second-order valence-electron chi connectivity index (χ2n) is 24.8. The van der Waals surface area contributed by atoms with Crippen LogP contribution in [-0.2, 0) is 21.7 Å². The van der Waals surface area contributed by atoms with Crippen LogP contribution >= 0.6 is 0 Å². The molecular weight excluding hydrogens is 837 g/mol. The van der Waals surface area contributed by atoms with E-state index >= 15 is 0 Å². The average Bonchev–Trinajstić information content (AvgIpc) is 4.08.